The van der Waals surface area contributed by atoms with Crippen LogP contribution in [0.2, 0.25) is 0 Å². The Balaban J connectivity index is 1.82. The molecular formula is C15H18N4O2. The van der Waals surface area contributed by atoms with Crippen LogP contribution in [0.5, 0.6) is 5.75 Å². The van der Waals surface area contributed by atoms with E-state index in [1.807, 2.05) is 32.2 Å². The Labute approximate surface area is 123 Å². The molecule has 2 N–H and O–H groups in total. The molecule has 0 atom stereocenters. The molecule has 6 heteroatoms. The number of hydrogen-bond donors (Lipinski definition) is 2. The van der Waals surface area contributed by atoms with Crippen molar-refractivity contribution in [1.29, 1.82) is 0 Å². The fourth-order valence-electron chi connectivity index (χ4n) is 2.23. The molecule has 1 aliphatic rings. The van der Waals surface area contributed by atoms with Crippen LogP contribution in [0, 0.1) is 0 Å². The molecule has 0 saturated heterocycles. The Morgan fingerprint density at radius 3 is 3.10 bits per heavy atom. The third kappa shape index (κ3) is 2.69. The predicted octanol–water partition coefficient (Wildman–Crippen LogP) is 2.52. The van der Waals surface area contributed by atoms with Gasteiger partial charge < -0.3 is 15.4 Å². The van der Waals surface area contributed by atoms with Crippen molar-refractivity contribution in [2.75, 3.05) is 23.8 Å². The first kappa shape index (κ1) is 13.5. The number of hydrogen-bond acceptors (Lipinski definition) is 4. The monoisotopic (exact) mass is 286 g/mol. The summed E-state index contributed by atoms with van der Waals surface area (Å²) in [6.07, 6.45) is 3.46. The number of amides is 1. The summed E-state index contributed by atoms with van der Waals surface area (Å²) < 4.78 is 7.41. The van der Waals surface area contributed by atoms with Gasteiger partial charge in [0.15, 0.2) is 5.75 Å². The van der Waals surface area contributed by atoms with Crippen LogP contribution >= 0.6 is 0 Å². The molecule has 0 spiro atoms. The van der Waals surface area contributed by atoms with Crippen molar-refractivity contribution in [3.05, 3.63) is 36.2 Å². The molecule has 2 aromatic rings. The molecule has 0 bridgehead atoms. The number of benzene rings is 1. The second-order valence-corrected chi connectivity index (χ2v) is 5.21. The van der Waals surface area contributed by atoms with Crippen LogP contribution in [0.1, 0.15) is 30.2 Å². The lowest BCUT2D eigenvalue weighted by atomic mass is 10.1. The minimum atomic E-state index is -0.196. The Hall–Kier alpha value is -2.50. The number of nitrogens with zero attached hydrogens (tertiary/aromatic N) is 2. The maximum absolute atomic E-state index is 12.4. The molecule has 3 rings (SSSR count). The Bertz CT molecular complexity index is 663. The molecule has 2 heterocycles. The molecular weight excluding hydrogens is 268 g/mol. The van der Waals surface area contributed by atoms with Crippen molar-refractivity contribution in [2.24, 2.45) is 0 Å². The van der Waals surface area contributed by atoms with E-state index in [-0.39, 0.29) is 11.9 Å². The van der Waals surface area contributed by atoms with Crippen molar-refractivity contribution < 1.29 is 9.53 Å². The Morgan fingerprint density at radius 1 is 1.48 bits per heavy atom. The number of aromatic nitrogens is 2. The highest BCUT2D eigenvalue weighted by Crippen LogP contribution is 2.31. The first-order valence-corrected chi connectivity index (χ1v) is 7.00. The summed E-state index contributed by atoms with van der Waals surface area (Å²) in [6.45, 7) is 5.37. The van der Waals surface area contributed by atoms with Gasteiger partial charge >= 0.3 is 0 Å². The van der Waals surface area contributed by atoms with Crippen molar-refractivity contribution in [3.8, 4) is 5.75 Å². The molecule has 0 saturated carbocycles. The molecule has 110 valence electrons. The highest BCUT2D eigenvalue weighted by Gasteiger charge is 2.19. The lowest BCUT2D eigenvalue weighted by Crippen LogP contribution is -2.21. The predicted molar refractivity (Wildman–Crippen MR) is 81.0 cm³/mol. The summed E-state index contributed by atoms with van der Waals surface area (Å²) in [4.78, 5) is 12.4. The molecule has 1 aromatic heterocycles. The SMILES string of the molecule is CC(C)n1cc(NC(=O)c2cccc3c2OCCN3)cn1. The van der Waals surface area contributed by atoms with Gasteiger partial charge in [-0.25, -0.2) is 0 Å². The smallest absolute Gasteiger partial charge is 0.259 e. The van der Waals surface area contributed by atoms with Crippen LogP contribution in [0.25, 0.3) is 0 Å². The first-order valence-electron chi connectivity index (χ1n) is 7.00. The van der Waals surface area contributed by atoms with Crippen molar-refractivity contribution in [3.63, 3.8) is 0 Å². The standard InChI is InChI=1S/C15H18N4O2/c1-10(2)19-9-11(8-17-19)18-15(20)12-4-3-5-13-14(12)21-7-6-16-13/h3-5,8-10,16H,6-7H2,1-2H3,(H,18,20). The van der Waals surface area contributed by atoms with Crippen LogP contribution in [-0.2, 0) is 0 Å². The number of para-hydroxylation sites is 1. The van der Waals surface area contributed by atoms with E-state index in [9.17, 15) is 4.79 Å². The molecule has 6 nitrogen and oxygen atoms in total. The normalized spacial score (nSPS) is 13.3. The van der Waals surface area contributed by atoms with Crippen LogP contribution in [0.15, 0.2) is 30.6 Å². The number of carbonyl (C=O) groups excluding carboxylic acids is 1. The van der Waals surface area contributed by atoms with Crippen LogP contribution in [-0.4, -0.2) is 28.8 Å². The van der Waals surface area contributed by atoms with Gasteiger partial charge in [-0.15, -0.1) is 0 Å². The number of nitrogens with one attached hydrogen (secondary N) is 2. The molecule has 0 fully saturated rings. The van der Waals surface area contributed by atoms with Crippen molar-refractivity contribution in [2.45, 2.75) is 19.9 Å². The summed E-state index contributed by atoms with van der Waals surface area (Å²) in [6, 6.07) is 5.76. The third-order valence-electron chi connectivity index (χ3n) is 3.31. The first-order chi connectivity index (χ1) is 10.1. The highest BCUT2D eigenvalue weighted by molar-refractivity contribution is 6.07. The van der Waals surface area contributed by atoms with Gasteiger partial charge in [-0.3, -0.25) is 9.48 Å². The average Bonchev–Trinajstić information content (AvgIpc) is 2.95. The third-order valence-corrected chi connectivity index (χ3v) is 3.31. The minimum absolute atomic E-state index is 0.196. The maximum Gasteiger partial charge on any atom is 0.259 e. The topological polar surface area (TPSA) is 68.2 Å². The van der Waals surface area contributed by atoms with Crippen molar-refractivity contribution in [1.82, 2.24) is 9.78 Å². The van der Waals surface area contributed by atoms with E-state index in [0.717, 1.165) is 12.2 Å². The number of carbonyl (C=O) groups is 1. The molecule has 0 unspecified atom stereocenters. The van der Waals surface area contributed by atoms with E-state index in [1.165, 1.54) is 0 Å². The molecule has 0 radical (unpaired) electrons. The second-order valence-electron chi connectivity index (χ2n) is 5.21. The zero-order valence-electron chi connectivity index (χ0n) is 12.1. The molecule has 21 heavy (non-hydrogen) atoms. The lowest BCUT2D eigenvalue weighted by molar-refractivity contribution is 0.102. The van der Waals surface area contributed by atoms with Gasteiger partial charge in [-0.2, -0.15) is 5.10 Å². The largest absolute Gasteiger partial charge is 0.489 e. The van der Waals surface area contributed by atoms with E-state index in [1.54, 1.807) is 16.9 Å². The zero-order valence-corrected chi connectivity index (χ0v) is 12.1. The average molecular weight is 286 g/mol. The fraction of sp³-hybridized carbons (Fsp3) is 0.333. The fourth-order valence-corrected chi connectivity index (χ4v) is 2.23. The Kier molecular flexibility index (Phi) is 3.51. The summed E-state index contributed by atoms with van der Waals surface area (Å²) in [5.74, 6) is 0.413. The summed E-state index contributed by atoms with van der Waals surface area (Å²) in [5.41, 5.74) is 2.05. The van der Waals surface area contributed by atoms with Gasteiger partial charge in [0.25, 0.3) is 5.91 Å². The van der Waals surface area contributed by atoms with Gasteiger partial charge in [0.05, 0.1) is 23.1 Å². The second kappa shape index (κ2) is 5.47. The summed E-state index contributed by atoms with van der Waals surface area (Å²) >= 11 is 0. The summed E-state index contributed by atoms with van der Waals surface area (Å²) in [7, 11) is 0. The van der Waals surface area contributed by atoms with Gasteiger partial charge in [-0.05, 0) is 26.0 Å². The summed E-state index contributed by atoms with van der Waals surface area (Å²) in [5, 5.41) is 10.3. The minimum Gasteiger partial charge on any atom is -0.489 e. The zero-order chi connectivity index (χ0) is 14.8. The number of rotatable bonds is 3. The number of fused-ring (bicyclic) bond motifs is 1. The lowest BCUT2D eigenvalue weighted by Gasteiger charge is -2.21. The van der Waals surface area contributed by atoms with Gasteiger partial charge in [0, 0.05) is 18.8 Å². The molecule has 1 aromatic carbocycles. The van der Waals surface area contributed by atoms with Gasteiger partial charge in [0.1, 0.15) is 6.61 Å². The van der Waals surface area contributed by atoms with Gasteiger partial charge in [0.2, 0.25) is 0 Å². The molecule has 1 amide bonds. The molecule has 1 aliphatic heterocycles. The van der Waals surface area contributed by atoms with E-state index in [2.05, 4.69) is 15.7 Å². The van der Waals surface area contributed by atoms with Crippen LogP contribution < -0.4 is 15.4 Å². The van der Waals surface area contributed by atoms with Gasteiger partial charge in [-0.1, -0.05) is 6.07 Å². The van der Waals surface area contributed by atoms with E-state index in [4.69, 9.17) is 4.74 Å². The quantitative estimate of drug-likeness (QED) is 0.909. The van der Waals surface area contributed by atoms with E-state index in [0.29, 0.717) is 23.6 Å². The van der Waals surface area contributed by atoms with Crippen LogP contribution in [0.3, 0.4) is 0 Å². The van der Waals surface area contributed by atoms with Crippen LogP contribution in [0.4, 0.5) is 11.4 Å². The van der Waals surface area contributed by atoms with E-state index >= 15 is 0 Å². The van der Waals surface area contributed by atoms with E-state index < -0.39 is 0 Å². The maximum atomic E-state index is 12.4. The Morgan fingerprint density at radius 2 is 2.33 bits per heavy atom. The van der Waals surface area contributed by atoms with Crippen molar-refractivity contribution >= 4 is 17.3 Å². The highest BCUT2D eigenvalue weighted by atomic mass is 16.5. The number of anilines is 2. The molecule has 0 aliphatic carbocycles. The number of ether oxygens (including phenoxy) is 1.